The van der Waals surface area contributed by atoms with Crippen molar-refractivity contribution in [2.45, 2.75) is 29.8 Å². The number of alkyl halides is 3. The first-order valence-electron chi connectivity index (χ1n) is 8.18. The minimum absolute atomic E-state index is 0.102. The van der Waals surface area contributed by atoms with Gasteiger partial charge in [-0.25, -0.2) is 8.42 Å². The summed E-state index contributed by atoms with van der Waals surface area (Å²) in [7, 11) is -3.73. The molecule has 2 nitrogen and oxygen atoms in total. The maximum Gasteiger partial charge on any atom is 0.416 e. The third-order valence-electron chi connectivity index (χ3n) is 4.20. The van der Waals surface area contributed by atoms with Crippen LogP contribution in [0.25, 0.3) is 11.1 Å². The molecule has 140 valence electrons. The molecule has 0 spiro atoms. The van der Waals surface area contributed by atoms with Gasteiger partial charge in [0.05, 0.1) is 15.4 Å². The molecular formula is C21H17F3O2S. The lowest BCUT2D eigenvalue weighted by Gasteiger charge is -2.10. The third-order valence-corrected chi connectivity index (χ3v) is 5.93. The second-order valence-electron chi connectivity index (χ2n) is 6.43. The Kier molecular flexibility index (Phi) is 4.86. The van der Waals surface area contributed by atoms with Crippen LogP contribution in [0.3, 0.4) is 0 Å². The molecule has 0 aliphatic heterocycles. The van der Waals surface area contributed by atoms with Crippen molar-refractivity contribution in [3.63, 3.8) is 0 Å². The number of rotatable bonds is 3. The molecule has 0 fully saturated rings. The second kappa shape index (κ2) is 6.85. The number of aryl methyl sites for hydroxylation is 2. The van der Waals surface area contributed by atoms with Crippen molar-refractivity contribution in [1.29, 1.82) is 0 Å². The number of benzene rings is 3. The van der Waals surface area contributed by atoms with E-state index in [1.807, 2.05) is 19.9 Å². The molecule has 0 saturated heterocycles. The first-order chi connectivity index (χ1) is 12.6. The van der Waals surface area contributed by atoms with Gasteiger partial charge in [0.2, 0.25) is 9.84 Å². The normalized spacial score (nSPS) is 12.2. The summed E-state index contributed by atoms with van der Waals surface area (Å²) in [5, 5.41) is 0. The smallest absolute Gasteiger partial charge is 0.219 e. The van der Waals surface area contributed by atoms with Crippen LogP contribution in [0.2, 0.25) is 0 Å². The van der Waals surface area contributed by atoms with Crippen molar-refractivity contribution in [1.82, 2.24) is 0 Å². The summed E-state index contributed by atoms with van der Waals surface area (Å²) in [5.41, 5.74) is 1.99. The largest absolute Gasteiger partial charge is 0.416 e. The molecular weight excluding hydrogens is 373 g/mol. The van der Waals surface area contributed by atoms with E-state index in [-0.39, 0.29) is 9.79 Å². The molecule has 27 heavy (non-hydrogen) atoms. The Balaban J connectivity index is 2.03. The highest BCUT2D eigenvalue weighted by Gasteiger charge is 2.30. The van der Waals surface area contributed by atoms with E-state index in [9.17, 15) is 21.6 Å². The van der Waals surface area contributed by atoms with Gasteiger partial charge in [0.15, 0.2) is 0 Å². The molecule has 3 aromatic rings. The van der Waals surface area contributed by atoms with Crippen LogP contribution in [0.4, 0.5) is 13.2 Å². The van der Waals surface area contributed by atoms with E-state index in [1.165, 1.54) is 24.3 Å². The highest BCUT2D eigenvalue weighted by Crippen LogP contribution is 2.32. The van der Waals surface area contributed by atoms with Crippen LogP contribution in [0.15, 0.2) is 76.5 Å². The minimum atomic E-state index is -4.41. The summed E-state index contributed by atoms with van der Waals surface area (Å²) in [4.78, 5) is 0.300. The van der Waals surface area contributed by atoms with Crippen LogP contribution in [0, 0.1) is 13.8 Å². The van der Waals surface area contributed by atoms with Gasteiger partial charge in [0.25, 0.3) is 0 Å². The van der Waals surface area contributed by atoms with Crippen LogP contribution in [0.5, 0.6) is 0 Å². The van der Waals surface area contributed by atoms with Gasteiger partial charge >= 0.3 is 6.18 Å². The standard InChI is InChI=1S/C21H17F3O2S/c1-14-10-15(2)12-20(11-14)27(25,26)19-5-3-4-17(13-19)16-6-8-18(9-7-16)21(22,23)24/h3-13H,1-2H3. The lowest BCUT2D eigenvalue weighted by Crippen LogP contribution is -2.04. The molecule has 0 amide bonds. The molecule has 0 bridgehead atoms. The molecule has 0 radical (unpaired) electrons. The van der Waals surface area contributed by atoms with Crippen molar-refractivity contribution in [3.8, 4) is 11.1 Å². The van der Waals surface area contributed by atoms with Gasteiger partial charge in [0, 0.05) is 0 Å². The highest BCUT2D eigenvalue weighted by molar-refractivity contribution is 7.91. The van der Waals surface area contributed by atoms with Crippen LogP contribution >= 0.6 is 0 Å². The lowest BCUT2D eigenvalue weighted by atomic mass is 10.0. The van der Waals surface area contributed by atoms with Gasteiger partial charge < -0.3 is 0 Å². The number of hydrogen-bond acceptors (Lipinski definition) is 2. The molecule has 0 heterocycles. The van der Waals surface area contributed by atoms with Gasteiger partial charge in [-0.1, -0.05) is 30.3 Å². The second-order valence-corrected chi connectivity index (χ2v) is 8.38. The quantitative estimate of drug-likeness (QED) is 0.565. The fraction of sp³-hybridized carbons (Fsp3) is 0.143. The zero-order chi connectivity index (χ0) is 19.8. The van der Waals surface area contributed by atoms with Crippen molar-refractivity contribution >= 4 is 9.84 Å². The van der Waals surface area contributed by atoms with E-state index in [2.05, 4.69) is 0 Å². The first kappa shape index (κ1) is 19.2. The maximum absolute atomic E-state index is 13.0. The van der Waals surface area contributed by atoms with Crippen LogP contribution in [0.1, 0.15) is 16.7 Å². The van der Waals surface area contributed by atoms with E-state index in [4.69, 9.17) is 0 Å². The average molecular weight is 390 g/mol. The Labute approximate surface area is 156 Å². The summed E-state index contributed by atoms with van der Waals surface area (Å²) < 4.78 is 64.1. The van der Waals surface area contributed by atoms with Gasteiger partial charge in [-0.15, -0.1) is 0 Å². The molecule has 3 aromatic carbocycles. The Hall–Kier alpha value is -2.60. The SMILES string of the molecule is Cc1cc(C)cc(S(=O)(=O)c2cccc(-c3ccc(C(F)(F)F)cc3)c2)c1. The van der Waals surface area contributed by atoms with Crippen molar-refractivity contribution < 1.29 is 21.6 Å². The summed E-state index contributed by atoms with van der Waals surface area (Å²) in [6, 6.07) is 16.0. The average Bonchev–Trinajstić information content (AvgIpc) is 2.60. The number of sulfone groups is 1. The van der Waals surface area contributed by atoms with Gasteiger partial charge in [0.1, 0.15) is 0 Å². The van der Waals surface area contributed by atoms with E-state index in [0.29, 0.717) is 11.1 Å². The van der Waals surface area contributed by atoms with Crippen molar-refractivity contribution in [3.05, 3.63) is 83.4 Å². The maximum atomic E-state index is 13.0. The van der Waals surface area contributed by atoms with E-state index < -0.39 is 21.6 Å². The molecule has 6 heteroatoms. The number of halogens is 3. The molecule has 0 aliphatic rings. The predicted molar refractivity (Wildman–Crippen MR) is 98.2 cm³/mol. The van der Waals surface area contributed by atoms with Crippen LogP contribution in [-0.4, -0.2) is 8.42 Å². The molecule has 0 saturated carbocycles. The summed E-state index contributed by atoms with van der Waals surface area (Å²) in [6.07, 6.45) is -4.41. The lowest BCUT2D eigenvalue weighted by molar-refractivity contribution is -0.137. The summed E-state index contributed by atoms with van der Waals surface area (Å²) >= 11 is 0. The minimum Gasteiger partial charge on any atom is -0.219 e. The monoisotopic (exact) mass is 390 g/mol. The Bertz CT molecular complexity index is 1060. The Morgan fingerprint density at radius 1 is 0.704 bits per heavy atom. The molecule has 0 unspecified atom stereocenters. The molecule has 0 aliphatic carbocycles. The molecule has 0 atom stereocenters. The van der Waals surface area contributed by atoms with Crippen molar-refractivity contribution in [2.24, 2.45) is 0 Å². The van der Waals surface area contributed by atoms with Gasteiger partial charge in [-0.05, 0) is 72.5 Å². The van der Waals surface area contributed by atoms with E-state index in [0.717, 1.165) is 23.3 Å². The van der Waals surface area contributed by atoms with E-state index >= 15 is 0 Å². The summed E-state index contributed by atoms with van der Waals surface area (Å²) in [5.74, 6) is 0. The number of hydrogen-bond donors (Lipinski definition) is 0. The van der Waals surface area contributed by atoms with E-state index in [1.54, 1.807) is 24.3 Å². The zero-order valence-electron chi connectivity index (χ0n) is 14.7. The van der Waals surface area contributed by atoms with Crippen LogP contribution < -0.4 is 0 Å². The Morgan fingerprint density at radius 3 is 1.85 bits per heavy atom. The Morgan fingerprint density at radius 2 is 1.30 bits per heavy atom. The fourth-order valence-electron chi connectivity index (χ4n) is 2.92. The summed E-state index contributed by atoms with van der Waals surface area (Å²) in [6.45, 7) is 3.65. The first-order valence-corrected chi connectivity index (χ1v) is 9.67. The zero-order valence-corrected chi connectivity index (χ0v) is 15.5. The fourth-order valence-corrected chi connectivity index (χ4v) is 4.41. The molecule has 0 N–H and O–H groups in total. The predicted octanol–water partition coefficient (Wildman–Crippen LogP) is 5.82. The topological polar surface area (TPSA) is 34.1 Å². The van der Waals surface area contributed by atoms with Gasteiger partial charge in [-0.3, -0.25) is 0 Å². The highest BCUT2D eigenvalue weighted by atomic mass is 32.2. The molecule has 0 aromatic heterocycles. The van der Waals surface area contributed by atoms with Crippen LogP contribution in [-0.2, 0) is 16.0 Å². The van der Waals surface area contributed by atoms with Crippen molar-refractivity contribution in [2.75, 3.05) is 0 Å². The third kappa shape index (κ3) is 4.06. The van der Waals surface area contributed by atoms with Gasteiger partial charge in [-0.2, -0.15) is 13.2 Å². The molecule has 3 rings (SSSR count).